The van der Waals surface area contributed by atoms with Crippen LogP contribution in [0.25, 0.3) is 22.0 Å². The van der Waals surface area contributed by atoms with Crippen LogP contribution in [0, 0.1) is 5.82 Å². The minimum Gasteiger partial charge on any atom is -0.497 e. The second-order valence-electron chi connectivity index (χ2n) is 10.2. The number of nitrogens with one attached hydrogen (secondary N) is 1. The summed E-state index contributed by atoms with van der Waals surface area (Å²) >= 11 is 0. The minimum atomic E-state index is -1.34. The molecule has 0 radical (unpaired) electrons. The summed E-state index contributed by atoms with van der Waals surface area (Å²) in [5.41, 5.74) is -0.423. The van der Waals surface area contributed by atoms with Gasteiger partial charge in [-0.1, -0.05) is 19.1 Å². The largest absolute Gasteiger partial charge is 0.497 e. The number of ether oxygens (including phenoxy) is 2. The number of hydrogen-bond donors (Lipinski definition) is 3. The summed E-state index contributed by atoms with van der Waals surface area (Å²) in [5.74, 6) is -0.479. The van der Waals surface area contributed by atoms with Crippen LogP contribution in [0.4, 0.5) is 9.18 Å². The fraction of sp³-hybridized carbons (Fsp3) is 0.414. The Balaban J connectivity index is 2.04. The molecule has 0 fully saturated rings. The van der Waals surface area contributed by atoms with Gasteiger partial charge in [-0.2, -0.15) is 0 Å². The van der Waals surface area contributed by atoms with E-state index < -0.39 is 41.4 Å². The molecular formula is C29H36FN3O7. The average molecular weight is 558 g/mol. The van der Waals surface area contributed by atoms with Crippen molar-refractivity contribution in [3.63, 3.8) is 0 Å². The molecule has 2 aromatic carbocycles. The molecule has 216 valence electrons. The van der Waals surface area contributed by atoms with Gasteiger partial charge in [0.2, 0.25) is 5.91 Å². The number of carbonyl (C=O) groups excluding carboxylic acids is 1. The van der Waals surface area contributed by atoms with E-state index >= 15 is 4.39 Å². The van der Waals surface area contributed by atoms with Crippen molar-refractivity contribution < 1.29 is 33.7 Å². The number of rotatable bonds is 11. The number of fused-ring (bicyclic) bond motifs is 1. The summed E-state index contributed by atoms with van der Waals surface area (Å²) < 4.78 is 27.8. The van der Waals surface area contributed by atoms with E-state index in [0.29, 0.717) is 30.1 Å². The van der Waals surface area contributed by atoms with E-state index in [1.54, 1.807) is 55.8 Å². The molecule has 0 bridgehead atoms. The number of aliphatic hydroxyl groups is 1. The Hall–Kier alpha value is -4.12. The normalized spacial score (nSPS) is 12.2. The predicted octanol–water partition coefficient (Wildman–Crippen LogP) is 3.86. The number of halogens is 1. The molecule has 3 rings (SSSR count). The second-order valence-corrected chi connectivity index (χ2v) is 10.2. The van der Waals surface area contributed by atoms with Gasteiger partial charge in [-0.3, -0.25) is 14.5 Å². The summed E-state index contributed by atoms with van der Waals surface area (Å²) in [6, 6.07) is 8.10. The van der Waals surface area contributed by atoms with Crippen LogP contribution in [0.2, 0.25) is 0 Å². The molecule has 2 amide bonds. The lowest BCUT2D eigenvalue weighted by Crippen LogP contribution is -2.58. The molecule has 0 aliphatic rings. The smallest absolute Gasteiger partial charge is 0.408 e. The standard InChI is InChI=1S/C29H36FN3O7/c1-6-15-40-23-12-11-21(30)24-25(23)32(16-20(26(24)35)18-7-9-19(39-5)10-8-18)14-13-31-27(36)22(17-34)33(28(37)38)29(2,3)4/h7-12,16,22,34H,6,13-15,17H2,1-5H3,(H,31,36)(H,37,38). The van der Waals surface area contributed by atoms with Crippen molar-refractivity contribution in [2.75, 3.05) is 26.9 Å². The molecule has 1 unspecified atom stereocenters. The number of benzene rings is 2. The van der Waals surface area contributed by atoms with Crippen molar-refractivity contribution in [1.82, 2.24) is 14.8 Å². The van der Waals surface area contributed by atoms with E-state index in [1.165, 1.54) is 19.2 Å². The maximum atomic E-state index is 15.2. The van der Waals surface area contributed by atoms with Crippen molar-refractivity contribution in [3.05, 3.63) is 58.6 Å². The quantitative estimate of drug-likeness (QED) is 0.326. The van der Waals surface area contributed by atoms with Gasteiger partial charge in [0.1, 0.15) is 23.4 Å². The Kier molecular flexibility index (Phi) is 9.75. The van der Waals surface area contributed by atoms with Crippen LogP contribution in [-0.4, -0.2) is 70.1 Å². The van der Waals surface area contributed by atoms with E-state index in [4.69, 9.17) is 9.47 Å². The van der Waals surface area contributed by atoms with Crippen LogP contribution in [0.5, 0.6) is 11.5 Å². The van der Waals surface area contributed by atoms with Gasteiger partial charge in [0, 0.05) is 30.4 Å². The van der Waals surface area contributed by atoms with Gasteiger partial charge in [-0.05, 0) is 57.0 Å². The van der Waals surface area contributed by atoms with Crippen LogP contribution in [-0.2, 0) is 11.3 Å². The molecule has 0 saturated carbocycles. The summed E-state index contributed by atoms with van der Waals surface area (Å²) in [4.78, 5) is 39.2. The van der Waals surface area contributed by atoms with Crippen molar-refractivity contribution in [2.45, 2.75) is 52.2 Å². The van der Waals surface area contributed by atoms with Gasteiger partial charge in [0.15, 0.2) is 5.43 Å². The molecule has 1 atom stereocenters. The molecule has 1 heterocycles. The summed E-state index contributed by atoms with van der Waals surface area (Å²) in [5, 5.41) is 22.0. The fourth-order valence-electron chi connectivity index (χ4n) is 4.53. The molecule has 40 heavy (non-hydrogen) atoms. The number of pyridine rings is 1. The van der Waals surface area contributed by atoms with Gasteiger partial charge in [0.25, 0.3) is 0 Å². The van der Waals surface area contributed by atoms with Crippen LogP contribution in [0.15, 0.2) is 47.4 Å². The number of hydrogen-bond acceptors (Lipinski definition) is 6. The third-order valence-electron chi connectivity index (χ3n) is 6.36. The topological polar surface area (TPSA) is 130 Å². The third-order valence-corrected chi connectivity index (χ3v) is 6.36. The molecule has 0 aliphatic carbocycles. The van der Waals surface area contributed by atoms with E-state index in [0.717, 1.165) is 4.90 Å². The zero-order chi connectivity index (χ0) is 29.6. The lowest BCUT2D eigenvalue weighted by molar-refractivity contribution is -0.129. The number of carbonyl (C=O) groups is 2. The fourth-order valence-corrected chi connectivity index (χ4v) is 4.53. The van der Waals surface area contributed by atoms with E-state index in [9.17, 15) is 24.6 Å². The predicted molar refractivity (Wildman–Crippen MR) is 149 cm³/mol. The van der Waals surface area contributed by atoms with Gasteiger partial charge < -0.3 is 29.6 Å². The number of nitrogens with zero attached hydrogens (tertiary/aromatic N) is 2. The van der Waals surface area contributed by atoms with E-state index in [-0.39, 0.29) is 29.6 Å². The average Bonchev–Trinajstić information content (AvgIpc) is 2.91. The number of amides is 2. The summed E-state index contributed by atoms with van der Waals surface area (Å²) in [6.45, 7) is 6.52. The van der Waals surface area contributed by atoms with Crippen molar-refractivity contribution >= 4 is 22.9 Å². The minimum absolute atomic E-state index is 0.00328. The first-order valence-electron chi connectivity index (χ1n) is 13.0. The highest BCUT2D eigenvalue weighted by molar-refractivity contribution is 5.89. The molecule has 1 aromatic heterocycles. The van der Waals surface area contributed by atoms with Crippen LogP contribution in [0.1, 0.15) is 34.1 Å². The Morgan fingerprint density at radius 2 is 1.82 bits per heavy atom. The highest BCUT2D eigenvalue weighted by Gasteiger charge is 2.37. The molecule has 10 nitrogen and oxygen atoms in total. The summed E-state index contributed by atoms with van der Waals surface area (Å²) in [7, 11) is 1.53. The van der Waals surface area contributed by atoms with Gasteiger partial charge >= 0.3 is 6.09 Å². The Bertz CT molecular complexity index is 1410. The van der Waals surface area contributed by atoms with Crippen molar-refractivity contribution in [3.8, 4) is 22.6 Å². The number of aromatic nitrogens is 1. The van der Waals surface area contributed by atoms with E-state index in [1.807, 2.05) is 6.92 Å². The monoisotopic (exact) mass is 557 g/mol. The first-order chi connectivity index (χ1) is 18.9. The van der Waals surface area contributed by atoms with Crippen LogP contribution >= 0.6 is 0 Å². The number of carboxylic acid groups (broad SMARTS) is 1. The molecular weight excluding hydrogens is 521 g/mol. The lowest BCUT2D eigenvalue weighted by atomic mass is 10.0. The number of aliphatic hydroxyl groups excluding tert-OH is 1. The van der Waals surface area contributed by atoms with E-state index in [2.05, 4.69) is 5.32 Å². The first-order valence-corrected chi connectivity index (χ1v) is 13.0. The zero-order valence-electron chi connectivity index (χ0n) is 23.4. The van der Waals surface area contributed by atoms with Crippen LogP contribution < -0.4 is 20.2 Å². The molecule has 11 heteroatoms. The molecule has 3 aromatic rings. The van der Waals surface area contributed by atoms with Crippen molar-refractivity contribution in [2.24, 2.45) is 0 Å². The zero-order valence-corrected chi connectivity index (χ0v) is 23.4. The highest BCUT2D eigenvalue weighted by Crippen LogP contribution is 2.30. The highest BCUT2D eigenvalue weighted by atomic mass is 19.1. The lowest BCUT2D eigenvalue weighted by Gasteiger charge is -2.37. The molecule has 0 saturated heterocycles. The van der Waals surface area contributed by atoms with Gasteiger partial charge in [-0.15, -0.1) is 0 Å². The van der Waals surface area contributed by atoms with Crippen LogP contribution in [0.3, 0.4) is 0 Å². The van der Waals surface area contributed by atoms with Gasteiger partial charge in [0.05, 0.1) is 31.2 Å². The SMILES string of the molecule is CCCOc1ccc(F)c2c(=O)c(-c3ccc(OC)cc3)cn(CCNC(=O)C(CO)N(C(=O)O)C(C)(C)C)c12. The molecule has 0 aliphatic heterocycles. The second kappa shape index (κ2) is 12.8. The maximum absolute atomic E-state index is 15.2. The molecule has 3 N–H and O–H groups in total. The Labute approximate surface area is 231 Å². The first kappa shape index (κ1) is 30.4. The Morgan fingerprint density at radius 1 is 1.15 bits per heavy atom. The van der Waals surface area contributed by atoms with Gasteiger partial charge in [-0.25, -0.2) is 9.18 Å². The third kappa shape index (κ3) is 6.53. The Morgan fingerprint density at radius 3 is 2.38 bits per heavy atom. The summed E-state index contributed by atoms with van der Waals surface area (Å²) in [6.07, 6.45) is 0.934. The molecule has 0 spiro atoms. The number of methoxy groups -OCH3 is 1. The van der Waals surface area contributed by atoms with Crippen molar-refractivity contribution in [1.29, 1.82) is 0 Å². The maximum Gasteiger partial charge on any atom is 0.408 e.